The van der Waals surface area contributed by atoms with Crippen molar-refractivity contribution < 1.29 is 17.6 Å². The lowest BCUT2D eigenvalue weighted by Gasteiger charge is -2.13. The van der Waals surface area contributed by atoms with Crippen LogP contribution in [0.25, 0.3) is 0 Å². The maximum atomic E-state index is 12.9. The van der Waals surface area contributed by atoms with Crippen molar-refractivity contribution in [3.63, 3.8) is 0 Å². The van der Waals surface area contributed by atoms with E-state index in [1.54, 1.807) is 0 Å². The summed E-state index contributed by atoms with van der Waals surface area (Å²) in [6.45, 7) is 0. The normalized spacial score (nSPS) is 13.2. The molecule has 0 fully saturated rings. The minimum absolute atomic E-state index is 0.207. The molecule has 1 aromatic carbocycles. The van der Waals surface area contributed by atoms with Gasteiger partial charge in [0.2, 0.25) is 0 Å². The molecule has 0 spiro atoms. The maximum Gasteiger partial charge on any atom is 0.419 e. The van der Waals surface area contributed by atoms with Gasteiger partial charge in [0.15, 0.2) is 0 Å². The van der Waals surface area contributed by atoms with E-state index in [4.69, 9.17) is 6.42 Å². The van der Waals surface area contributed by atoms with Gasteiger partial charge in [-0.2, -0.15) is 13.2 Å². The van der Waals surface area contributed by atoms with E-state index < -0.39 is 23.6 Å². The van der Waals surface area contributed by atoms with Crippen LogP contribution in [0.4, 0.5) is 17.6 Å². The van der Waals surface area contributed by atoms with Crippen molar-refractivity contribution in [2.24, 2.45) is 0 Å². The predicted octanol–water partition coefficient (Wildman–Crippen LogP) is 2.74. The fraction of sp³-hybridized carbons (Fsp3) is 0.273. The first kappa shape index (κ1) is 12.5. The quantitative estimate of drug-likeness (QED) is 0.609. The average Bonchev–Trinajstić information content (AvgIpc) is 2.20. The monoisotopic (exact) mass is 231 g/mol. The lowest BCUT2D eigenvalue weighted by Crippen LogP contribution is -2.16. The molecule has 0 aliphatic heterocycles. The maximum absolute atomic E-state index is 12.9. The Balaban J connectivity index is 3.23. The molecule has 1 atom stereocenters. The van der Waals surface area contributed by atoms with Gasteiger partial charge in [-0.1, -0.05) is 12.0 Å². The van der Waals surface area contributed by atoms with Crippen LogP contribution < -0.4 is 5.32 Å². The zero-order chi connectivity index (χ0) is 12.3. The van der Waals surface area contributed by atoms with Gasteiger partial charge in [0.25, 0.3) is 0 Å². The largest absolute Gasteiger partial charge is 0.419 e. The van der Waals surface area contributed by atoms with Crippen LogP contribution in [0, 0.1) is 18.2 Å². The highest BCUT2D eigenvalue weighted by Crippen LogP contribution is 2.32. The first-order chi connectivity index (χ1) is 7.40. The third-order valence-corrected chi connectivity index (χ3v) is 2.08. The summed E-state index contributed by atoms with van der Waals surface area (Å²) in [5.41, 5.74) is -1.10. The van der Waals surface area contributed by atoms with Gasteiger partial charge < -0.3 is 5.32 Å². The van der Waals surface area contributed by atoms with E-state index in [-0.39, 0.29) is 5.56 Å². The Morgan fingerprint density at radius 3 is 2.44 bits per heavy atom. The number of terminal acetylenes is 1. The molecule has 0 heterocycles. The summed E-state index contributed by atoms with van der Waals surface area (Å²) in [6.07, 6.45) is 0.410. The minimum atomic E-state index is -4.72. The fourth-order valence-corrected chi connectivity index (χ4v) is 1.29. The zero-order valence-electron chi connectivity index (χ0n) is 8.40. The summed E-state index contributed by atoms with van der Waals surface area (Å²) in [5.74, 6) is 0.963. The number of nitrogens with one attached hydrogen (secondary N) is 1. The molecule has 0 saturated carbocycles. The molecule has 1 nitrogen and oxygen atoms in total. The average molecular weight is 231 g/mol. The number of benzene rings is 1. The molecule has 1 rings (SSSR count). The van der Waals surface area contributed by atoms with E-state index in [0.29, 0.717) is 0 Å². The molecule has 0 radical (unpaired) electrons. The molecule has 0 saturated heterocycles. The summed E-state index contributed by atoms with van der Waals surface area (Å²) in [5, 5.41) is 2.64. The molecule has 0 amide bonds. The number of rotatable bonds is 2. The lowest BCUT2D eigenvalue weighted by atomic mass is 10.0. The highest BCUT2D eigenvalue weighted by molar-refractivity contribution is 5.32. The van der Waals surface area contributed by atoms with Gasteiger partial charge in [0, 0.05) is 0 Å². The van der Waals surface area contributed by atoms with Crippen molar-refractivity contribution in [2.45, 2.75) is 12.2 Å². The molecule has 0 aliphatic carbocycles. The van der Waals surface area contributed by atoms with Crippen LogP contribution in [-0.2, 0) is 6.18 Å². The van der Waals surface area contributed by atoms with Gasteiger partial charge in [0.1, 0.15) is 5.82 Å². The Bertz CT molecular complexity index is 417. The summed E-state index contributed by atoms with van der Waals surface area (Å²) in [6, 6.07) is 2.05. The van der Waals surface area contributed by atoms with Crippen molar-refractivity contribution in [1.82, 2.24) is 5.32 Å². The molecule has 1 aromatic rings. The molecule has 0 aromatic heterocycles. The summed E-state index contributed by atoms with van der Waals surface area (Å²) in [7, 11) is 1.52. The van der Waals surface area contributed by atoms with E-state index in [9.17, 15) is 17.6 Å². The molecular weight excluding hydrogens is 222 g/mol. The number of halogens is 4. The highest BCUT2D eigenvalue weighted by atomic mass is 19.4. The van der Waals surface area contributed by atoms with Crippen molar-refractivity contribution in [2.75, 3.05) is 7.05 Å². The van der Waals surface area contributed by atoms with Gasteiger partial charge in [-0.15, -0.1) is 6.42 Å². The van der Waals surface area contributed by atoms with Gasteiger partial charge in [0.05, 0.1) is 11.6 Å². The highest BCUT2D eigenvalue weighted by Gasteiger charge is 2.34. The molecule has 16 heavy (non-hydrogen) atoms. The molecule has 86 valence electrons. The van der Waals surface area contributed by atoms with Gasteiger partial charge >= 0.3 is 6.18 Å². The van der Waals surface area contributed by atoms with E-state index in [1.807, 2.05) is 0 Å². The molecular formula is C11H9F4N. The van der Waals surface area contributed by atoms with Gasteiger partial charge in [-0.25, -0.2) is 4.39 Å². The third kappa shape index (κ3) is 2.52. The van der Waals surface area contributed by atoms with Crippen LogP contribution in [0.15, 0.2) is 18.2 Å². The van der Waals surface area contributed by atoms with Crippen molar-refractivity contribution in [3.05, 3.63) is 35.1 Å². The Morgan fingerprint density at radius 1 is 1.38 bits per heavy atom. The van der Waals surface area contributed by atoms with Crippen LogP contribution in [-0.4, -0.2) is 7.05 Å². The van der Waals surface area contributed by atoms with Crippen LogP contribution in [0.1, 0.15) is 17.2 Å². The van der Waals surface area contributed by atoms with E-state index >= 15 is 0 Å². The predicted molar refractivity (Wildman–Crippen MR) is 52.0 cm³/mol. The smallest absolute Gasteiger partial charge is 0.303 e. The zero-order valence-corrected chi connectivity index (χ0v) is 8.40. The fourth-order valence-electron chi connectivity index (χ4n) is 1.29. The first-order valence-electron chi connectivity index (χ1n) is 4.40. The van der Waals surface area contributed by atoms with Gasteiger partial charge in [-0.3, -0.25) is 0 Å². The van der Waals surface area contributed by atoms with E-state index in [0.717, 1.165) is 12.1 Å². The second-order valence-electron chi connectivity index (χ2n) is 3.13. The Morgan fingerprint density at radius 2 is 2.00 bits per heavy atom. The first-order valence-corrected chi connectivity index (χ1v) is 4.40. The summed E-state index contributed by atoms with van der Waals surface area (Å²) >= 11 is 0. The van der Waals surface area contributed by atoms with Gasteiger partial charge in [-0.05, 0) is 24.7 Å². The molecule has 1 N–H and O–H groups in total. The van der Waals surface area contributed by atoms with E-state index in [2.05, 4.69) is 11.2 Å². The summed E-state index contributed by atoms with van der Waals surface area (Å²) in [4.78, 5) is 0. The van der Waals surface area contributed by atoms with E-state index in [1.165, 1.54) is 13.1 Å². The van der Waals surface area contributed by atoms with Crippen LogP contribution in [0.5, 0.6) is 0 Å². The number of hydrogen-bond donors (Lipinski definition) is 1. The third-order valence-electron chi connectivity index (χ3n) is 2.08. The Hall–Kier alpha value is -1.54. The molecule has 0 aliphatic rings. The second kappa shape index (κ2) is 4.54. The number of alkyl halides is 3. The minimum Gasteiger partial charge on any atom is -0.303 e. The topological polar surface area (TPSA) is 12.0 Å². The van der Waals surface area contributed by atoms with Crippen molar-refractivity contribution >= 4 is 0 Å². The molecule has 0 bridgehead atoms. The Labute approximate surface area is 90.5 Å². The van der Waals surface area contributed by atoms with Crippen LogP contribution in [0.3, 0.4) is 0 Å². The molecule has 5 heteroatoms. The van der Waals surface area contributed by atoms with Crippen molar-refractivity contribution in [3.8, 4) is 12.3 Å². The van der Waals surface area contributed by atoms with Crippen molar-refractivity contribution in [1.29, 1.82) is 0 Å². The second-order valence-corrected chi connectivity index (χ2v) is 3.13. The van der Waals surface area contributed by atoms with Crippen LogP contribution >= 0.6 is 0 Å². The SMILES string of the molecule is C#CC(NC)c1ccc(F)c(C(F)(F)F)c1. The number of hydrogen-bond acceptors (Lipinski definition) is 1. The Kier molecular flexibility index (Phi) is 3.55. The summed E-state index contributed by atoms with van der Waals surface area (Å²) < 4.78 is 50.1. The van der Waals surface area contributed by atoms with Crippen LogP contribution in [0.2, 0.25) is 0 Å². The molecule has 1 unspecified atom stereocenters. The standard InChI is InChI=1S/C11H9F4N/c1-3-10(16-2)7-4-5-9(12)8(6-7)11(13,14)15/h1,4-6,10,16H,2H3. The lowest BCUT2D eigenvalue weighted by molar-refractivity contribution is -0.140.